The molecule has 0 saturated heterocycles. The van der Waals surface area contributed by atoms with Gasteiger partial charge in [-0.25, -0.2) is 9.18 Å². The van der Waals surface area contributed by atoms with E-state index in [9.17, 15) is 14.4 Å². The summed E-state index contributed by atoms with van der Waals surface area (Å²) in [7, 11) is 0. The van der Waals surface area contributed by atoms with Crippen molar-refractivity contribution in [2.24, 2.45) is 5.92 Å². The Bertz CT molecular complexity index is 1520. The predicted molar refractivity (Wildman–Crippen MR) is 134 cm³/mol. The molecule has 4 aromatic rings. The second-order valence-corrected chi connectivity index (χ2v) is 8.68. The number of nitriles is 1. The van der Waals surface area contributed by atoms with Gasteiger partial charge in [0.05, 0.1) is 23.3 Å². The van der Waals surface area contributed by atoms with Crippen LogP contribution in [0.5, 0.6) is 0 Å². The number of nitrogens with one attached hydrogen (secondary N) is 1. The summed E-state index contributed by atoms with van der Waals surface area (Å²) in [5.74, 6) is -1.20. The van der Waals surface area contributed by atoms with Crippen LogP contribution in [0.3, 0.4) is 0 Å². The summed E-state index contributed by atoms with van der Waals surface area (Å²) in [5.41, 5.74) is 6.68. The first-order valence-electron chi connectivity index (χ1n) is 11.4. The zero-order valence-electron chi connectivity index (χ0n) is 18.8. The van der Waals surface area contributed by atoms with E-state index in [1.807, 2.05) is 36.4 Å². The van der Waals surface area contributed by atoms with Crippen LogP contribution in [-0.4, -0.2) is 21.3 Å². The number of hydrogen-bond donors (Lipinski definition) is 2. The maximum Gasteiger partial charge on any atom is 0.328 e. The molecule has 1 aromatic heterocycles. The molecule has 5 rings (SSSR count). The summed E-state index contributed by atoms with van der Waals surface area (Å²) >= 11 is 0. The number of halogens is 1. The Labute approximate surface area is 201 Å². The Kier molecular flexibility index (Phi) is 5.99. The Hall–Kier alpha value is -4.50. The van der Waals surface area contributed by atoms with Crippen molar-refractivity contribution in [2.75, 3.05) is 0 Å². The fourth-order valence-corrected chi connectivity index (χ4v) is 4.60. The summed E-state index contributed by atoms with van der Waals surface area (Å²) in [6, 6.07) is 20.4. The van der Waals surface area contributed by atoms with Gasteiger partial charge < -0.3 is 5.11 Å². The van der Waals surface area contributed by atoms with E-state index in [-0.39, 0.29) is 5.92 Å². The molecular weight excluding hydrogens is 441 g/mol. The number of carboxylic acids is 1. The molecule has 172 valence electrons. The summed E-state index contributed by atoms with van der Waals surface area (Å²) in [5, 5.41) is 26.9. The highest BCUT2D eigenvalue weighted by molar-refractivity contribution is 6.02. The van der Waals surface area contributed by atoms with Gasteiger partial charge >= 0.3 is 5.97 Å². The molecule has 35 heavy (non-hydrogen) atoms. The Balaban J connectivity index is 1.77. The van der Waals surface area contributed by atoms with Gasteiger partial charge in [-0.2, -0.15) is 10.4 Å². The van der Waals surface area contributed by atoms with Gasteiger partial charge in [0, 0.05) is 11.5 Å². The van der Waals surface area contributed by atoms with Crippen molar-refractivity contribution in [3.8, 4) is 6.07 Å². The first-order valence-corrected chi connectivity index (χ1v) is 11.4. The molecule has 1 heterocycles. The lowest BCUT2D eigenvalue weighted by atomic mass is 9.72. The lowest BCUT2D eigenvalue weighted by molar-refractivity contribution is -0.131. The van der Waals surface area contributed by atoms with Gasteiger partial charge in [0.25, 0.3) is 0 Å². The van der Waals surface area contributed by atoms with Crippen LogP contribution in [0, 0.1) is 23.1 Å². The Morgan fingerprint density at radius 2 is 1.86 bits per heavy atom. The van der Waals surface area contributed by atoms with Gasteiger partial charge in [-0.1, -0.05) is 42.8 Å². The number of hydrogen-bond acceptors (Lipinski definition) is 3. The highest BCUT2D eigenvalue weighted by Gasteiger charge is 2.29. The standard InChI is InChI=1S/C29H22FN3O2/c30-24-10-11-25(22(15-24)16-31)29(19-2-1-3-19)28(21-9-12-26-23(14-21)17-32-33-26)20-7-4-18(5-8-20)6-13-27(34)35/h4-15,17,19H,1-3H2,(H,32,33)(H,34,35)/b13-6+,29-28+. The zero-order chi connectivity index (χ0) is 24.4. The van der Waals surface area contributed by atoms with Gasteiger partial charge in [0.1, 0.15) is 5.82 Å². The van der Waals surface area contributed by atoms with Crippen molar-refractivity contribution in [3.63, 3.8) is 0 Å². The molecule has 1 saturated carbocycles. The maximum atomic E-state index is 14.0. The highest BCUT2D eigenvalue weighted by atomic mass is 19.1. The van der Waals surface area contributed by atoms with Crippen LogP contribution < -0.4 is 0 Å². The molecule has 0 aliphatic heterocycles. The molecule has 1 fully saturated rings. The first kappa shape index (κ1) is 22.3. The summed E-state index contributed by atoms with van der Waals surface area (Å²) < 4.78 is 14.0. The minimum Gasteiger partial charge on any atom is -0.478 e. The van der Waals surface area contributed by atoms with E-state index in [0.29, 0.717) is 5.56 Å². The van der Waals surface area contributed by atoms with Crippen molar-refractivity contribution in [1.29, 1.82) is 5.26 Å². The zero-order valence-corrected chi connectivity index (χ0v) is 18.8. The normalized spacial score (nSPS) is 14.5. The number of nitrogens with zero attached hydrogens (tertiary/aromatic N) is 2. The van der Waals surface area contributed by atoms with Crippen molar-refractivity contribution in [2.45, 2.75) is 19.3 Å². The third-order valence-electron chi connectivity index (χ3n) is 6.52. The Morgan fingerprint density at radius 1 is 1.09 bits per heavy atom. The number of fused-ring (bicyclic) bond motifs is 1. The molecule has 5 nitrogen and oxygen atoms in total. The number of aliphatic carboxylic acids is 1. The number of H-pyrrole nitrogens is 1. The lowest BCUT2D eigenvalue weighted by Crippen LogP contribution is -2.16. The van der Waals surface area contributed by atoms with E-state index in [0.717, 1.165) is 69.6 Å². The summed E-state index contributed by atoms with van der Waals surface area (Å²) in [4.78, 5) is 10.9. The lowest BCUT2D eigenvalue weighted by Gasteiger charge is -2.32. The fourth-order valence-electron chi connectivity index (χ4n) is 4.60. The molecule has 0 bridgehead atoms. The van der Waals surface area contributed by atoms with Gasteiger partial charge in [-0.05, 0) is 82.5 Å². The molecule has 0 atom stereocenters. The van der Waals surface area contributed by atoms with E-state index >= 15 is 0 Å². The monoisotopic (exact) mass is 463 g/mol. The molecule has 6 heteroatoms. The van der Waals surface area contributed by atoms with Gasteiger partial charge in [0.2, 0.25) is 0 Å². The van der Waals surface area contributed by atoms with Crippen LogP contribution in [0.4, 0.5) is 4.39 Å². The largest absolute Gasteiger partial charge is 0.478 e. The molecule has 0 amide bonds. The number of allylic oxidation sites excluding steroid dienone is 1. The van der Waals surface area contributed by atoms with Crippen molar-refractivity contribution >= 4 is 34.1 Å². The minimum atomic E-state index is -1.00. The third-order valence-corrected chi connectivity index (χ3v) is 6.52. The van der Waals surface area contributed by atoms with Crippen LogP contribution in [0.15, 0.2) is 72.9 Å². The summed E-state index contributed by atoms with van der Waals surface area (Å²) in [6.07, 6.45) is 7.52. The number of carboxylic acid groups (broad SMARTS) is 1. The van der Waals surface area contributed by atoms with Gasteiger partial charge in [0.15, 0.2) is 0 Å². The number of aromatic nitrogens is 2. The van der Waals surface area contributed by atoms with Crippen molar-refractivity contribution in [3.05, 3.63) is 107 Å². The predicted octanol–water partition coefficient (Wildman–Crippen LogP) is 6.43. The maximum absolute atomic E-state index is 14.0. The first-order chi connectivity index (χ1) is 17.0. The molecule has 0 spiro atoms. The average Bonchev–Trinajstić information content (AvgIpc) is 3.30. The van der Waals surface area contributed by atoms with Crippen LogP contribution in [0.1, 0.15) is 47.1 Å². The fraction of sp³-hybridized carbons (Fsp3) is 0.138. The van der Waals surface area contributed by atoms with Crippen molar-refractivity contribution < 1.29 is 14.3 Å². The van der Waals surface area contributed by atoms with Crippen LogP contribution in [0.2, 0.25) is 0 Å². The molecule has 3 aromatic carbocycles. The SMILES string of the molecule is N#Cc1cc(F)ccc1/C(=C(\c1ccc(/C=C/C(=O)O)cc1)c1ccc2[nH]ncc2c1)C1CCC1. The van der Waals surface area contributed by atoms with Crippen molar-refractivity contribution in [1.82, 2.24) is 10.2 Å². The van der Waals surface area contributed by atoms with Crippen LogP contribution in [-0.2, 0) is 4.79 Å². The number of carbonyl (C=O) groups is 1. The average molecular weight is 464 g/mol. The minimum absolute atomic E-state index is 0.245. The van der Waals surface area contributed by atoms with E-state index in [1.165, 1.54) is 12.1 Å². The molecule has 1 aliphatic carbocycles. The highest BCUT2D eigenvalue weighted by Crippen LogP contribution is 2.46. The molecule has 1 aliphatic rings. The molecule has 0 radical (unpaired) electrons. The quantitative estimate of drug-likeness (QED) is 0.255. The Morgan fingerprint density at radius 3 is 2.54 bits per heavy atom. The van der Waals surface area contributed by atoms with E-state index in [1.54, 1.807) is 18.3 Å². The molecule has 0 unspecified atom stereocenters. The number of rotatable bonds is 6. The molecular formula is C29H22FN3O2. The van der Waals surface area contributed by atoms with E-state index in [4.69, 9.17) is 5.11 Å². The second-order valence-electron chi connectivity index (χ2n) is 8.68. The van der Waals surface area contributed by atoms with E-state index in [2.05, 4.69) is 22.3 Å². The number of benzene rings is 3. The third kappa shape index (κ3) is 4.49. The number of aromatic amines is 1. The van der Waals surface area contributed by atoms with Gasteiger partial charge in [-0.3, -0.25) is 5.10 Å². The van der Waals surface area contributed by atoms with E-state index < -0.39 is 11.8 Å². The second kappa shape index (κ2) is 9.40. The van der Waals surface area contributed by atoms with Crippen LogP contribution in [0.25, 0.3) is 28.1 Å². The van der Waals surface area contributed by atoms with Gasteiger partial charge in [-0.15, -0.1) is 0 Å². The topological polar surface area (TPSA) is 89.8 Å². The molecule has 2 N–H and O–H groups in total. The summed E-state index contributed by atoms with van der Waals surface area (Å²) in [6.45, 7) is 0. The van der Waals surface area contributed by atoms with Crippen LogP contribution >= 0.6 is 0 Å². The smallest absolute Gasteiger partial charge is 0.328 e.